The second kappa shape index (κ2) is 8.16. The normalized spacial score (nSPS) is 22.2. The van der Waals surface area contributed by atoms with Crippen LogP contribution in [0, 0.1) is 5.92 Å². The highest BCUT2D eigenvalue weighted by Crippen LogP contribution is 2.33. The lowest BCUT2D eigenvalue weighted by Crippen LogP contribution is -2.32. The number of halogens is 1. The van der Waals surface area contributed by atoms with Gasteiger partial charge >= 0.3 is 0 Å². The molecule has 1 fully saturated rings. The molecule has 3 nitrogen and oxygen atoms in total. The molecule has 0 spiro atoms. The van der Waals surface area contributed by atoms with E-state index in [9.17, 15) is 4.79 Å². The van der Waals surface area contributed by atoms with Crippen LogP contribution in [0.25, 0.3) is 0 Å². The van der Waals surface area contributed by atoms with E-state index < -0.39 is 0 Å². The third-order valence-corrected chi connectivity index (χ3v) is 5.62. The molecule has 2 heterocycles. The molecule has 1 aliphatic carbocycles. The molecule has 1 saturated heterocycles. The number of rotatable bonds is 4. The number of nitrogens with one attached hydrogen (secondary N) is 2. The lowest BCUT2D eigenvalue weighted by molar-refractivity contribution is -0.122. The molecule has 21 heavy (non-hydrogen) atoms. The molecule has 118 valence electrons. The van der Waals surface area contributed by atoms with E-state index in [1.165, 1.54) is 36.1 Å². The summed E-state index contributed by atoms with van der Waals surface area (Å²) in [6.07, 6.45) is 7.69. The molecule has 2 N–H and O–H groups in total. The van der Waals surface area contributed by atoms with Gasteiger partial charge in [0.25, 0.3) is 0 Å². The Morgan fingerprint density at radius 3 is 2.95 bits per heavy atom. The Morgan fingerprint density at radius 1 is 1.33 bits per heavy atom. The first kappa shape index (κ1) is 16.8. The molecule has 3 rings (SSSR count). The van der Waals surface area contributed by atoms with Gasteiger partial charge < -0.3 is 10.6 Å². The Kier molecular flexibility index (Phi) is 6.52. The summed E-state index contributed by atoms with van der Waals surface area (Å²) in [7, 11) is 0. The van der Waals surface area contributed by atoms with Crippen molar-refractivity contribution in [1.29, 1.82) is 0 Å². The molecular weight excluding hydrogens is 304 g/mol. The third kappa shape index (κ3) is 4.44. The lowest BCUT2D eigenvalue weighted by Gasteiger charge is -2.25. The monoisotopic (exact) mass is 328 g/mol. The zero-order chi connectivity index (χ0) is 13.8. The fourth-order valence-corrected chi connectivity index (χ4v) is 4.40. The van der Waals surface area contributed by atoms with Crippen molar-refractivity contribution in [3.05, 3.63) is 21.9 Å². The zero-order valence-electron chi connectivity index (χ0n) is 12.4. The first-order valence-electron chi connectivity index (χ1n) is 7.89. The third-order valence-electron chi connectivity index (χ3n) is 4.63. The van der Waals surface area contributed by atoms with Crippen molar-refractivity contribution in [2.24, 2.45) is 5.92 Å². The number of amides is 1. The highest BCUT2D eigenvalue weighted by molar-refractivity contribution is 7.10. The van der Waals surface area contributed by atoms with Gasteiger partial charge in [0.1, 0.15) is 0 Å². The van der Waals surface area contributed by atoms with Crippen LogP contribution in [-0.2, 0) is 11.2 Å². The van der Waals surface area contributed by atoms with Gasteiger partial charge in [-0.3, -0.25) is 4.79 Å². The first-order valence-corrected chi connectivity index (χ1v) is 8.77. The van der Waals surface area contributed by atoms with Crippen LogP contribution in [0.5, 0.6) is 0 Å². The van der Waals surface area contributed by atoms with Crippen LogP contribution in [0.1, 0.15) is 55.0 Å². The second-order valence-corrected chi connectivity index (χ2v) is 7.04. The quantitative estimate of drug-likeness (QED) is 0.889. The van der Waals surface area contributed by atoms with Gasteiger partial charge in [0.05, 0.1) is 6.04 Å². The molecule has 1 aromatic heterocycles. The Bertz CT molecular complexity index is 457. The van der Waals surface area contributed by atoms with Gasteiger partial charge in [-0.15, -0.1) is 23.7 Å². The van der Waals surface area contributed by atoms with Gasteiger partial charge in [0, 0.05) is 11.3 Å². The molecule has 1 atom stereocenters. The molecular formula is C16H25ClN2OS. The average Bonchev–Trinajstić information content (AvgIpc) is 2.96. The van der Waals surface area contributed by atoms with Gasteiger partial charge in [0.2, 0.25) is 5.91 Å². The lowest BCUT2D eigenvalue weighted by atomic mass is 9.92. The Hall–Kier alpha value is -0.580. The number of carbonyl (C=O) groups excluding carboxylic acids is 1. The summed E-state index contributed by atoms with van der Waals surface area (Å²) < 4.78 is 0. The average molecular weight is 329 g/mol. The molecule has 0 saturated carbocycles. The van der Waals surface area contributed by atoms with E-state index in [0.29, 0.717) is 6.42 Å². The van der Waals surface area contributed by atoms with Crippen LogP contribution in [0.3, 0.4) is 0 Å². The van der Waals surface area contributed by atoms with Crippen LogP contribution in [0.2, 0.25) is 0 Å². The number of hydrogen-bond donors (Lipinski definition) is 2. The van der Waals surface area contributed by atoms with Crippen molar-refractivity contribution in [3.63, 3.8) is 0 Å². The van der Waals surface area contributed by atoms with Crippen LogP contribution >= 0.6 is 23.7 Å². The van der Waals surface area contributed by atoms with E-state index in [2.05, 4.69) is 22.1 Å². The van der Waals surface area contributed by atoms with E-state index in [0.717, 1.165) is 31.8 Å². The Labute approximate surface area is 137 Å². The molecule has 1 amide bonds. The van der Waals surface area contributed by atoms with Gasteiger partial charge in [-0.2, -0.15) is 0 Å². The standard InChI is InChI=1S/C16H24N2OS.ClH/c19-16(5-4-12-6-9-17-10-7-12)18-14-2-1-3-15-13(14)8-11-20-15;/h8,11-12,14,17H,1-7,9-10H2,(H,18,19);1H. The number of carbonyl (C=O) groups is 1. The zero-order valence-corrected chi connectivity index (χ0v) is 14.0. The van der Waals surface area contributed by atoms with Crippen molar-refractivity contribution in [2.75, 3.05) is 13.1 Å². The fourth-order valence-electron chi connectivity index (χ4n) is 3.41. The molecule has 0 radical (unpaired) electrons. The predicted molar refractivity (Wildman–Crippen MR) is 90.2 cm³/mol. The minimum absolute atomic E-state index is 0. The summed E-state index contributed by atoms with van der Waals surface area (Å²) in [5.41, 5.74) is 1.37. The molecule has 1 unspecified atom stereocenters. The van der Waals surface area contributed by atoms with Crippen molar-refractivity contribution in [1.82, 2.24) is 10.6 Å². The fraction of sp³-hybridized carbons (Fsp3) is 0.688. The first-order chi connectivity index (χ1) is 9.83. The number of thiophene rings is 1. The minimum Gasteiger partial charge on any atom is -0.349 e. The van der Waals surface area contributed by atoms with Crippen LogP contribution < -0.4 is 10.6 Å². The SMILES string of the molecule is Cl.O=C(CCC1CCNCC1)NC1CCCc2sccc21. The number of hydrogen-bond acceptors (Lipinski definition) is 3. The highest BCUT2D eigenvalue weighted by atomic mass is 35.5. The van der Waals surface area contributed by atoms with Crippen LogP contribution in [-0.4, -0.2) is 19.0 Å². The van der Waals surface area contributed by atoms with Crippen LogP contribution in [0.4, 0.5) is 0 Å². The molecule has 2 aliphatic rings. The summed E-state index contributed by atoms with van der Waals surface area (Å²) in [6, 6.07) is 2.46. The maximum absolute atomic E-state index is 12.2. The Balaban J connectivity index is 0.00000161. The van der Waals surface area contributed by atoms with Crippen molar-refractivity contribution < 1.29 is 4.79 Å². The van der Waals surface area contributed by atoms with E-state index in [-0.39, 0.29) is 24.4 Å². The van der Waals surface area contributed by atoms with Crippen molar-refractivity contribution in [3.8, 4) is 0 Å². The van der Waals surface area contributed by atoms with Gasteiger partial charge in [0.15, 0.2) is 0 Å². The second-order valence-electron chi connectivity index (χ2n) is 6.04. The van der Waals surface area contributed by atoms with E-state index >= 15 is 0 Å². The van der Waals surface area contributed by atoms with E-state index in [1.54, 1.807) is 0 Å². The number of aryl methyl sites for hydroxylation is 1. The number of piperidine rings is 1. The van der Waals surface area contributed by atoms with Gasteiger partial charge in [-0.25, -0.2) is 0 Å². The molecule has 5 heteroatoms. The summed E-state index contributed by atoms with van der Waals surface area (Å²) in [5.74, 6) is 0.984. The highest BCUT2D eigenvalue weighted by Gasteiger charge is 2.23. The largest absolute Gasteiger partial charge is 0.349 e. The summed E-state index contributed by atoms with van der Waals surface area (Å²) >= 11 is 1.83. The molecule has 1 aliphatic heterocycles. The van der Waals surface area contributed by atoms with Crippen molar-refractivity contribution in [2.45, 2.75) is 51.0 Å². The molecule has 1 aromatic rings. The predicted octanol–water partition coefficient (Wildman–Crippen LogP) is 3.44. The minimum atomic E-state index is 0. The molecule has 0 bridgehead atoms. The summed E-state index contributed by atoms with van der Waals surface area (Å²) in [6.45, 7) is 2.24. The van der Waals surface area contributed by atoms with E-state index in [4.69, 9.17) is 0 Å². The Morgan fingerprint density at radius 2 is 2.14 bits per heavy atom. The van der Waals surface area contributed by atoms with Gasteiger partial charge in [-0.1, -0.05) is 0 Å². The summed E-state index contributed by atoms with van der Waals surface area (Å²) in [5, 5.41) is 8.79. The smallest absolute Gasteiger partial charge is 0.220 e. The van der Waals surface area contributed by atoms with E-state index in [1.807, 2.05) is 11.3 Å². The topological polar surface area (TPSA) is 41.1 Å². The van der Waals surface area contributed by atoms with Gasteiger partial charge in [-0.05, 0) is 74.5 Å². The summed E-state index contributed by atoms with van der Waals surface area (Å²) in [4.78, 5) is 13.6. The van der Waals surface area contributed by atoms with Crippen molar-refractivity contribution >= 4 is 29.7 Å². The maximum atomic E-state index is 12.2. The number of fused-ring (bicyclic) bond motifs is 1. The van der Waals surface area contributed by atoms with Crippen LogP contribution in [0.15, 0.2) is 11.4 Å². The maximum Gasteiger partial charge on any atom is 0.220 e. The molecule has 0 aromatic carbocycles.